The quantitative estimate of drug-likeness (QED) is 0.667. The Kier molecular flexibility index (Phi) is 5.16. The molecule has 1 aliphatic rings. The number of hydrogen-bond donors (Lipinski definition) is 1. The number of rotatable bonds is 6. The molecular formula is C21H20FN3O3. The highest BCUT2D eigenvalue weighted by Crippen LogP contribution is 2.19. The molecule has 1 aromatic heterocycles. The Morgan fingerprint density at radius 2 is 2.07 bits per heavy atom. The summed E-state index contributed by atoms with van der Waals surface area (Å²) in [7, 11) is 0. The summed E-state index contributed by atoms with van der Waals surface area (Å²) in [5.74, 6) is -1.04. The van der Waals surface area contributed by atoms with E-state index in [1.807, 2.05) is 12.1 Å². The van der Waals surface area contributed by atoms with Crippen molar-refractivity contribution in [3.63, 3.8) is 0 Å². The van der Waals surface area contributed by atoms with Crippen LogP contribution in [-0.2, 0) is 16.1 Å². The van der Waals surface area contributed by atoms with Gasteiger partial charge in [-0.2, -0.15) is 0 Å². The number of carbonyl (C=O) groups excluding carboxylic acids is 2. The van der Waals surface area contributed by atoms with Gasteiger partial charge in [-0.25, -0.2) is 9.37 Å². The number of halogens is 1. The van der Waals surface area contributed by atoms with E-state index in [0.29, 0.717) is 17.6 Å². The van der Waals surface area contributed by atoms with Gasteiger partial charge in [0.1, 0.15) is 12.4 Å². The fraction of sp³-hybridized carbons (Fsp3) is 0.286. The van der Waals surface area contributed by atoms with Gasteiger partial charge in [-0.1, -0.05) is 24.3 Å². The molecule has 4 rings (SSSR count). The van der Waals surface area contributed by atoms with E-state index in [0.717, 1.165) is 19.4 Å². The van der Waals surface area contributed by atoms with Gasteiger partial charge in [0.25, 0.3) is 0 Å². The molecule has 1 fully saturated rings. The topological polar surface area (TPSA) is 73.2 Å². The molecule has 28 heavy (non-hydrogen) atoms. The second kappa shape index (κ2) is 7.90. The molecule has 2 heterocycles. The standard InChI is InChI=1S/C21H20FN3O3/c22-15-6-3-5-14(11-15)20(27)21-24-17-8-1-2-9-18(17)25(21)13-19(26)23-12-16-7-4-10-28-16/h1-3,5-6,8-9,11,16H,4,7,10,12-13H2,(H,23,26). The number of amides is 1. The summed E-state index contributed by atoms with van der Waals surface area (Å²) in [6.45, 7) is 1.11. The molecule has 1 N–H and O–H groups in total. The van der Waals surface area contributed by atoms with Crippen LogP contribution in [0.4, 0.5) is 4.39 Å². The molecule has 144 valence electrons. The largest absolute Gasteiger partial charge is 0.376 e. The second-order valence-corrected chi connectivity index (χ2v) is 6.79. The van der Waals surface area contributed by atoms with Crippen LogP contribution in [0.1, 0.15) is 29.0 Å². The monoisotopic (exact) mass is 381 g/mol. The van der Waals surface area contributed by atoms with Crippen molar-refractivity contribution >= 4 is 22.7 Å². The highest BCUT2D eigenvalue weighted by atomic mass is 19.1. The van der Waals surface area contributed by atoms with Crippen LogP contribution < -0.4 is 5.32 Å². The van der Waals surface area contributed by atoms with Gasteiger partial charge in [-0.05, 0) is 37.1 Å². The third-order valence-corrected chi connectivity index (χ3v) is 4.80. The van der Waals surface area contributed by atoms with E-state index in [1.54, 1.807) is 16.7 Å². The van der Waals surface area contributed by atoms with Crippen molar-refractivity contribution in [3.8, 4) is 0 Å². The van der Waals surface area contributed by atoms with E-state index in [2.05, 4.69) is 10.3 Å². The van der Waals surface area contributed by atoms with Gasteiger partial charge in [0.2, 0.25) is 11.7 Å². The fourth-order valence-electron chi connectivity index (χ4n) is 3.40. The zero-order valence-corrected chi connectivity index (χ0v) is 15.2. The Balaban J connectivity index is 1.61. The molecule has 0 aliphatic carbocycles. The summed E-state index contributed by atoms with van der Waals surface area (Å²) < 4.78 is 20.6. The first-order valence-corrected chi connectivity index (χ1v) is 9.25. The molecular weight excluding hydrogens is 361 g/mol. The highest BCUT2D eigenvalue weighted by Gasteiger charge is 2.22. The van der Waals surface area contributed by atoms with Gasteiger partial charge in [0.15, 0.2) is 5.82 Å². The summed E-state index contributed by atoms with van der Waals surface area (Å²) in [5, 5.41) is 2.86. The average Bonchev–Trinajstić information content (AvgIpc) is 3.34. The summed E-state index contributed by atoms with van der Waals surface area (Å²) >= 11 is 0. The second-order valence-electron chi connectivity index (χ2n) is 6.79. The van der Waals surface area contributed by atoms with Crippen LogP contribution in [0.25, 0.3) is 11.0 Å². The Bertz CT molecular complexity index is 1020. The summed E-state index contributed by atoms with van der Waals surface area (Å²) in [5.41, 5.74) is 1.47. The van der Waals surface area contributed by atoms with Crippen LogP contribution >= 0.6 is 0 Å². The number of para-hydroxylation sites is 2. The molecule has 1 atom stereocenters. The van der Waals surface area contributed by atoms with E-state index in [4.69, 9.17) is 4.74 Å². The van der Waals surface area contributed by atoms with Crippen LogP contribution in [0.5, 0.6) is 0 Å². The smallest absolute Gasteiger partial charge is 0.240 e. The van der Waals surface area contributed by atoms with E-state index in [-0.39, 0.29) is 29.9 Å². The number of ether oxygens (including phenoxy) is 1. The molecule has 1 unspecified atom stereocenters. The summed E-state index contributed by atoms with van der Waals surface area (Å²) in [6.07, 6.45) is 1.97. The normalized spacial score (nSPS) is 16.4. The number of aromatic nitrogens is 2. The number of hydrogen-bond acceptors (Lipinski definition) is 4. The summed E-state index contributed by atoms with van der Waals surface area (Å²) in [6, 6.07) is 12.7. The number of carbonyl (C=O) groups is 2. The minimum atomic E-state index is -0.497. The average molecular weight is 381 g/mol. The van der Waals surface area contributed by atoms with Gasteiger partial charge in [0.05, 0.1) is 17.1 Å². The fourth-order valence-corrected chi connectivity index (χ4v) is 3.40. The maximum atomic E-state index is 13.6. The van der Waals surface area contributed by atoms with Gasteiger partial charge >= 0.3 is 0 Å². The lowest BCUT2D eigenvalue weighted by Gasteiger charge is -2.12. The number of imidazole rings is 1. The molecule has 0 radical (unpaired) electrons. The first-order chi connectivity index (χ1) is 13.6. The van der Waals surface area contributed by atoms with Gasteiger partial charge in [-0.15, -0.1) is 0 Å². The Morgan fingerprint density at radius 3 is 2.86 bits per heavy atom. The first kappa shape index (κ1) is 18.3. The van der Waals surface area contributed by atoms with E-state index < -0.39 is 11.6 Å². The van der Waals surface area contributed by atoms with Crippen molar-refractivity contribution in [1.29, 1.82) is 0 Å². The number of nitrogens with one attached hydrogen (secondary N) is 1. The lowest BCUT2D eigenvalue weighted by molar-refractivity contribution is -0.122. The van der Waals surface area contributed by atoms with Crippen LogP contribution in [0.3, 0.4) is 0 Å². The highest BCUT2D eigenvalue weighted by molar-refractivity contribution is 6.08. The molecule has 0 bridgehead atoms. The zero-order valence-electron chi connectivity index (χ0n) is 15.2. The zero-order chi connectivity index (χ0) is 19.5. The molecule has 1 aliphatic heterocycles. The molecule has 1 saturated heterocycles. The minimum absolute atomic E-state index is 0.0388. The predicted molar refractivity (Wildman–Crippen MR) is 102 cm³/mol. The number of fused-ring (bicyclic) bond motifs is 1. The van der Waals surface area contributed by atoms with Crippen LogP contribution in [-0.4, -0.2) is 40.5 Å². The van der Waals surface area contributed by atoms with Crippen LogP contribution in [0.2, 0.25) is 0 Å². The van der Waals surface area contributed by atoms with Gasteiger partial charge < -0.3 is 14.6 Å². The van der Waals surface area contributed by atoms with Crippen molar-refractivity contribution < 1.29 is 18.7 Å². The maximum Gasteiger partial charge on any atom is 0.240 e. The first-order valence-electron chi connectivity index (χ1n) is 9.25. The van der Waals surface area contributed by atoms with Crippen molar-refractivity contribution in [3.05, 3.63) is 65.7 Å². The van der Waals surface area contributed by atoms with E-state index in [1.165, 1.54) is 24.3 Å². The third-order valence-electron chi connectivity index (χ3n) is 4.80. The van der Waals surface area contributed by atoms with Crippen molar-refractivity contribution in [2.24, 2.45) is 0 Å². The van der Waals surface area contributed by atoms with Crippen LogP contribution in [0, 0.1) is 5.82 Å². The Morgan fingerprint density at radius 1 is 1.21 bits per heavy atom. The van der Waals surface area contributed by atoms with Crippen molar-refractivity contribution in [1.82, 2.24) is 14.9 Å². The molecule has 0 spiro atoms. The maximum absolute atomic E-state index is 13.6. The molecule has 1 amide bonds. The van der Waals surface area contributed by atoms with E-state index >= 15 is 0 Å². The van der Waals surface area contributed by atoms with E-state index in [9.17, 15) is 14.0 Å². The van der Waals surface area contributed by atoms with Gasteiger partial charge in [0, 0.05) is 18.7 Å². The minimum Gasteiger partial charge on any atom is -0.376 e. The number of benzene rings is 2. The predicted octanol–water partition coefficient (Wildman–Crippen LogP) is 2.70. The van der Waals surface area contributed by atoms with Crippen molar-refractivity contribution in [2.45, 2.75) is 25.5 Å². The Hall–Kier alpha value is -3.06. The number of ketones is 1. The molecule has 2 aromatic carbocycles. The third kappa shape index (κ3) is 3.80. The van der Waals surface area contributed by atoms with Crippen molar-refractivity contribution in [2.75, 3.05) is 13.2 Å². The lowest BCUT2D eigenvalue weighted by Crippen LogP contribution is -2.34. The molecule has 6 nitrogen and oxygen atoms in total. The molecule has 7 heteroatoms. The number of nitrogens with zero attached hydrogens (tertiary/aromatic N) is 2. The Labute approximate surface area is 161 Å². The SMILES string of the molecule is O=C(Cn1c(C(=O)c2cccc(F)c2)nc2ccccc21)NCC1CCCO1. The van der Waals surface area contributed by atoms with Gasteiger partial charge in [-0.3, -0.25) is 9.59 Å². The summed E-state index contributed by atoms with van der Waals surface area (Å²) in [4.78, 5) is 29.8. The molecule has 3 aromatic rings. The molecule has 0 saturated carbocycles. The van der Waals surface area contributed by atoms with Crippen LogP contribution in [0.15, 0.2) is 48.5 Å². The lowest BCUT2D eigenvalue weighted by atomic mass is 10.1.